The lowest BCUT2D eigenvalue weighted by Gasteiger charge is -2.36. The predicted molar refractivity (Wildman–Crippen MR) is 219 cm³/mol. The first kappa shape index (κ1) is 38.5. The third-order valence-electron chi connectivity index (χ3n) is 11.1. The van der Waals surface area contributed by atoms with Gasteiger partial charge in [0, 0.05) is 36.7 Å². The number of fused-ring (bicyclic) bond motifs is 4. The molecule has 3 atom stereocenters. The van der Waals surface area contributed by atoms with Crippen LogP contribution in [0.3, 0.4) is 0 Å². The Bertz CT molecular complexity index is 2250. The maximum absolute atomic E-state index is 14.6. The Labute approximate surface area is 328 Å². The standard InChI is InChI=1S/C47H49N3O6/c1-31(2)13-11-14-32(3)25-26-48-40-24-23-36(50-41-19-8-10-21-43(41)56-42-20-9-7-18-38(42)45(50)53)28-39(40)47(55,46(48)54)33(4)15-12-22-44(52)49-29-35-17-6-5-16-34(35)27-37(49)30-51/h5-10,12-13,15-21,23-25,28,33,37,51,55H,11,14,22,26-27,29-30H2,1-4H3/b15-12+,32-25+/t33-,37-,47+/m0/s1. The van der Waals surface area contributed by atoms with E-state index < -0.39 is 17.4 Å². The number of aliphatic hydroxyl groups is 2. The average Bonchev–Trinajstić information content (AvgIpc) is 3.33. The van der Waals surface area contributed by atoms with Crippen LogP contribution in [0.25, 0.3) is 0 Å². The molecule has 2 N–H and O–H groups in total. The summed E-state index contributed by atoms with van der Waals surface area (Å²) < 4.78 is 6.23. The summed E-state index contributed by atoms with van der Waals surface area (Å²) in [5.41, 5.74) is 4.86. The first-order chi connectivity index (χ1) is 27.0. The molecule has 56 heavy (non-hydrogen) atoms. The number of nitrogens with zero attached hydrogens (tertiary/aromatic N) is 3. The van der Waals surface area contributed by atoms with E-state index in [9.17, 15) is 24.6 Å². The van der Waals surface area contributed by atoms with Crippen molar-refractivity contribution in [3.05, 3.63) is 149 Å². The van der Waals surface area contributed by atoms with Crippen LogP contribution in [0.1, 0.15) is 74.0 Å². The fraction of sp³-hybridized carbons (Fsp3) is 0.298. The summed E-state index contributed by atoms with van der Waals surface area (Å²) in [5, 5.41) is 22.8. The Morgan fingerprint density at radius 3 is 2.39 bits per heavy atom. The van der Waals surface area contributed by atoms with E-state index in [0.29, 0.717) is 52.7 Å². The van der Waals surface area contributed by atoms with Gasteiger partial charge in [-0.15, -0.1) is 0 Å². The summed E-state index contributed by atoms with van der Waals surface area (Å²) in [6.45, 7) is 8.48. The van der Waals surface area contributed by atoms with Crippen LogP contribution < -0.4 is 14.5 Å². The number of carbonyl (C=O) groups excluding carboxylic acids is 3. The maximum atomic E-state index is 14.6. The normalized spacial score (nSPS) is 19.5. The van der Waals surface area contributed by atoms with Gasteiger partial charge in [0.05, 0.1) is 29.6 Å². The van der Waals surface area contributed by atoms with Crippen molar-refractivity contribution >= 4 is 34.8 Å². The molecule has 7 rings (SSSR count). The van der Waals surface area contributed by atoms with E-state index in [4.69, 9.17) is 4.74 Å². The van der Waals surface area contributed by atoms with Crippen LogP contribution in [0, 0.1) is 5.92 Å². The zero-order valence-electron chi connectivity index (χ0n) is 32.4. The lowest BCUT2D eigenvalue weighted by Crippen LogP contribution is -2.46. The fourth-order valence-corrected chi connectivity index (χ4v) is 7.93. The highest BCUT2D eigenvalue weighted by molar-refractivity contribution is 6.15. The molecule has 3 aliphatic rings. The number of aliphatic hydroxyl groups excluding tert-OH is 1. The molecule has 0 spiro atoms. The largest absolute Gasteiger partial charge is 0.454 e. The minimum Gasteiger partial charge on any atom is -0.454 e. The molecular formula is C47H49N3O6. The van der Waals surface area contributed by atoms with E-state index in [1.807, 2.05) is 61.5 Å². The van der Waals surface area contributed by atoms with Crippen LogP contribution in [-0.2, 0) is 28.2 Å². The summed E-state index contributed by atoms with van der Waals surface area (Å²) in [7, 11) is 0. The van der Waals surface area contributed by atoms with E-state index in [1.165, 1.54) is 5.57 Å². The van der Waals surface area contributed by atoms with Gasteiger partial charge >= 0.3 is 0 Å². The topological polar surface area (TPSA) is 111 Å². The van der Waals surface area contributed by atoms with Gasteiger partial charge < -0.3 is 24.7 Å². The van der Waals surface area contributed by atoms with Gasteiger partial charge in [0.2, 0.25) is 5.91 Å². The number of amides is 3. The fourth-order valence-electron chi connectivity index (χ4n) is 7.93. The molecule has 0 aromatic heterocycles. The summed E-state index contributed by atoms with van der Waals surface area (Å²) in [6, 6.07) is 27.3. The second-order valence-corrected chi connectivity index (χ2v) is 15.2. The van der Waals surface area contributed by atoms with Gasteiger partial charge in [-0.2, -0.15) is 0 Å². The molecule has 9 nitrogen and oxygen atoms in total. The third kappa shape index (κ3) is 7.32. The van der Waals surface area contributed by atoms with E-state index in [2.05, 4.69) is 19.9 Å². The Balaban J connectivity index is 1.22. The van der Waals surface area contributed by atoms with Crippen molar-refractivity contribution in [3.63, 3.8) is 0 Å². The van der Waals surface area contributed by atoms with E-state index in [0.717, 1.165) is 29.5 Å². The van der Waals surface area contributed by atoms with Gasteiger partial charge in [-0.05, 0) is 93.6 Å². The highest BCUT2D eigenvalue weighted by Crippen LogP contribution is 2.49. The number of hydrogen-bond donors (Lipinski definition) is 2. The minimum absolute atomic E-state index is 0.0377. The van der Waals surface area contributed by atoms with Crippen LogP contribution in [0.5, 0.6) is 11.5 Å². The van der Waals surface area contributed by atoms with Gasteiger partial charge in [0.1, 0.15) is 5.75 Å². The van der Waals surface area contributed by atoms with Crippen LogP contribution in [0.15, 0.2) is 126 Å². The minimum atomic E-state index is -2.00. The van der Waals surface area contributed by atoms with Crippen LogP contribution in [-0.4, -0.2) is 52.0 Å². The van der Waals surface area contributed by atoms with E-state index in [1.54, 1.807) is 76.2 Å². The molecule has 0 aliphatic carbocycles. The number of hydrogen-bond acceptors (Lipinski definition) is 6. The molecule has 4 aromatic rings. The van der Waals surface area contributed by atoms with Crippen molar-refractivity contribution in [2.24, 2.45) is 5.92 Å². The molecule has 288 valence electrons. The molecule has 9 heteroatoms. The van der Waals surface area contributed by atoms with Gasteiger partial charge in [0.25, 0.3) is 11.8 Å². The number of anilines is 3. The molecule has 3 heterocycles. The second kappa shape index (κ2) is 16.1. The van der Waals surface area contributed by atoms with Crippen molar-refractivity contribution < 1.29 is 29.3 Å². The van der Waals surface area contributed by atoms with Crippen LogP contribution >= 0.6 is 0 Å². The molecule has 0 radical (unpaired) electrons. The summed E-state index contributed by atoms with van der Waals surface area (Å²) in [5.74, 6) is -0.758. The predicted octanol–water partition coefficient (Wildman–Crippen LogP) is 8.53. The van der Waals surface area contributed by atoms with Crippen LogP contribution in [0.4, 0.5) is 17.1 Å². The molecule has 3 aliphatic heterocycles. The maximum Gasteiger partial charge on any atom is 0.266 e. The lowest BCUT2D eigenvalue weighted by atomic mass is 9.82. The first-order valence-electron chi connectivity index (χ1n) is 19.3. The van der Waals surface area contributed by atoms with Crippen molar-refractivity contribution in [1.29, 1.82) is 0 Å². The monoisotopic (exact) mass is 751 g/mol. The third-order valence-corrected chi connectivity index (χ3v) is 11.1. The number of rotatable bonds is 11. The summed E-state index contributed by atoms with van der Waals surface area (Å²) in [6.07, 6.45) is 9.99. The number of benzene rings is 4. The first-order valence-corrected chi connectivity index (χ1v) is 19.3. The van der Waals surface area contributed by atoms with Crippen molar-refractivity contribution in [1.82, 2.24) is 4.90 Å². The molecule has 0 saturated heterocycles. The van der Waals surface area contributed by atoms with Gasteiger partial charge in [-0.25, -0.2) is 0 Å². The summed E-state index contributed by atoms with van der Waals surface area (Å²) in [4.78, 5) is 47.3. The molecular weight excluding hydrogens is 703 g/mol. The Morgan fingerprint density at radius 1 is 0.911 bits per heavy atom. The average molecular weight is 752 g/mol. The highest BCUT2D eigenvalue weighted by atomic mass is 16.5. The number of allylic oxidation sites excluding steroid dienone is 3. The molecule has 0 bridgehead atoms. The smallest absolute Gasteiger partial charge is 0.266 e. The van der Waals surface area contributed by atoms with E-state index in [-0.39, 0.29) is 37.4 Å². The Morgan fingerprint density at radius 2 is 1.62 bits per heavy atom. The SMILES string of the molecule is CC(C)=CCC/C(C)=C/CN1C(=O)[C@@](O)([C@@H](C)/C=C/CC(=O)N2Cc3ccccc3C[C@H]2CO)c2cc(N3C(=O)c4ccccc4Oc4ccccc43)ccc21. The number of para-hydroxylation sites is 3. The Hall–Kier alpha value is -5.77. The van der Waals surface area contributed by atoms with Crippen molar-refractivity contribution in [2.75, 3.05) is 23.0 Å². The van der Waals surface area contributed by atoms with E-state index >= 15 is 0 Å². The molecule has 0 unspecified atom stereocenters. The molecule has 4 aromatic carbocycles. The zero-order chi connectivity index (χ0) is 39.6. The number of ether oxygens (including phenoxy) is 1. The van der Waals surface area contributed by atoms with Crippen molar-refractivity contribution in [3.8, 4) is 11.5 Å². The van der Waals surface area contributed by atoms with Gasteiger partial charge in [-0.1, -0.05) is 90.9 Å². The summed E-state index contributed by atoms with van der Waals surface area (Å²) >= 11 is 0. The van der Waals surface area contributed by atoms with Gasteiger partial charge in [0.15, 0.2) is 11.4 Å². The highest BCUT2D eigenvalue weighted by Gasteiger charge is 2.52. The molecule has 0 saturated carbocycles. The number of carbonyl (C=O) groups is 3. The Kier molecular flexibility index (Phi) is 11.1. The molecule has 0 fully saturated rings. The molecule has 3 amide bonds. The lowest BCUT2D eigenvalue weighted by molar-refractivity contribution is -0.139. The zero-order valence-corrected chi connectivity index (χ0v) is 32.4. The van der Waals surface area contributed by atoms with Gasteiger partial charge in [-0.3, -0.25) is 19.3 Å². The quantitative estimate of drug-likeness (QED) is 0.149. The second-order valence-electron chi connectivity index (χ2n) is 15.2. The van der Waals surface area contributed by atoms with Crippen molar-refractivity contribution in [2.45, 2.75) is 71.6 Å². The van der Waals surface area contributed by atoms with Crippen LogP contribution in [0.2, 0.25) is 0 Å².